The number of anilines is 1. The number of aryl methyl sites for hydroxylation is 1. The highest BCUT2D eigenvalue weighted by Crippen LogP contribution is 2.33. The van der Waals surface area contributed by atoms with E-state index in [0.717, 1.165) is 33.7 Å². The fourth-order valence-corrected chi connectivity index (χ4v) is 3.49. The van der Waals surface area contributed by atoms with E-state index in [4.69, 9.17) is 4.98 Å². The minimum Gasteiger partial charge on any atom is -0.325 e. The van der Waals surface area contributed by atoms with Crippen molar-refractivity contribution in [3.8, 4) is 22.5 Å². The van der Waals surface area contributed by atoms with Crippen molar-refractivity contribution in [1.82, 2.24) is 24.5 Å². The summed E-state index contributed by atoms with van der Waals surface area (Å²) < 4.78 is 1.82. The van der Waals surface area contributed by atoms with Gasteiger partial charge in [-0.1, -0.05) is 23.8 Å². The summed E-state index contributed by atoms with van der Waals surface area (Å²) in [7, 11) is 0. The predicted octanol–water partition coefficient (Wildman–Crippen LogP) is 4.64. The quantitative estimate of drug-likeness (QED) is 0.529. The number of amides is 2. The van der Waals surface area contributed by atoms with Gasteiger partial charge in [-0.05, 0) is 51.1 Å². The van der Waals surface area contributed by atoms with Crippen LogP contribution in [0.2, 0.25) is 0 Å². The molecule has 1 N–H and O–H groups in total. The number of rotatable bonds is 5. The highest BCUT2D eigenvalue weighted by Gasteiger charge is 2.18. The van der Waals surface area contributed by atoms with E-state index in [1.54, 1.807) is 17.3 Å². The molecule has 1 aromatic carbocycles. The zero-order valence-electron chi connectivity index (χ0n) is 17.3. The molecule has 0 aliphatic rings. The number of pyridine rings is 1. The van der Waals surface area contributed by atoms with Gasteiger partial charge in [0.2, 0.25) is 0 Å². The lowest BCUT2D eigenvalue weighted by Crippen LogP contribution is -2.34. The molecule has 0 saturated carbocycles. The number of urea groups is 1. The lowest BCUT2D eigenvalue weighted by molar-refractivity contribution is 0.217. The Balaban J connectivity index is 1.82. The van der Waals surface area contributed by atoms with Gasteiger partial charge in [0.15, 0.2) is 5.65 Å². The number of nitrogens with zero attached hydrogens (tertiary/aromatic N) is 5. The summed E-state index contributed by atoms with van der Waals surface area (Å²) in [5.74, 6) is 0.491. The van der Waals surface area contributed by atoms with Gasteiger partial charge in [0, 0.05) is 36.6 Å². The lowest BCUT2D eigenvalue weighted by Gasteiger charge is -2.19. The largest absolute Gasteiger partial charge is 0.325 e. The maximum Gasteiger partial charge on any atom is 0.322 e. The van der Waals surface area contributed by atoms with E-state index in [-0.39, 0.29) is 6.03 Å². The zero-order valence-corrected chi connectivity index (χ0v) is 17.3. The van der Waals surface area contributed by atoms with E-state index in [1.165, 1.54) is 0 Å². The van der Waals surface area contributed by atoms with Crippen LogP contribution in [0, 0.1) is 6.92 Å². The molecule has 3 heterocycles. The van der Waals surface area contributed by atoms with Crippen LogP contribution in [0.1, 0.15) is 19.4 Å². The second-order valence-corrected chi connectivity index (χ2v) is 7.00. The molecule has 0 spiro atoms. The molecule has 0 bridgehead atoms. The van der Waals surface area contributed by atoms with Gasteiger partial charge in [-0.3, -0.25) is 5.32 Å². The van der Waals surface area contributed by atoms with Gasteiger partial charge in [0.25, 0.3) is 0 Å². The van der Waals surface area contributed by atoms with Crippen LogP contribution in [0.3, 0.4) is 0 Å². The minimum absolute atomic E-state index is 0.167. The summed E-state index contributed by atoms with van der Waals surface area (Å²) in [6.45, 7) is 7.23. The highest BCUT2D eigenvalue weighted by atomic mass is 16.2. The number of benzene rings is 1. The molecule has 0 saturated heterocycles. The Morgan fingerprint density at radius 2 is 1.87 bits per heavy atom. The van der Waals surface area contributed by atoms with Gasteiger partial charge < -0.3 is 4.90 Å². The molecule has 152 valence electrons. The first-order chi connectivity index (χ1) is 14.6. The van der Waals surface area contributed by atoms with E-state index in [2.05, 4.69) is 34.5 Å². The Hall–Kier alpha value is -3.74. The van der Waals surface area contributed by atoms with Crippen molar-refractivity contribution >= 4 is 17.5 Å². The topological polar surface area (TPSA) is 75.4 Å². The van der Waals surface area contributed by atoms with Crippen LogP contribution in [0.4, 0.5) is 10.6 Å². The average molecular weight is 400 g/mol. The molecule has 4 rings (SSSR count). The molecule has 30 heavy (non-hydrogen) atoms. The van der Waals surface area contributed by atoms with Crippen LogP contribution >= 0.6 is 0 Å². The van der Waals surface area contributed by atoms with Crippen LogP contribution < -0.4 is 5.32 Å². The van der Waals surface area contributed by atoms with Crippen molar-refractivity contribution in [1.29, 1.82) is 0 Å². The zero-order chi connectivity index (χ0) is 21.1. The third-order valence-electron chi connectivity index (χ3n) is 5.00. The fraction of sp³-hybridized carbons (Fsp3) is 0.217. The average Bonchev–Trinajstić information content (AvgIpc) is 3.14. The van der Waals surface area contributed by atoms with Crippen molar-refractivity contribution in [2.45, 2.75) is 20.8 Å². The number of carbonyl (C=O) groups excluding carboxylic acids is 1. The number of hydrogen-bond donors (Lipinski definition) is 1. The molecule has 0 aliphatic carbocycles. The molecule has 4 aromatic rings. The molecule has 0 atom stereocenters. The van der Waals surface area contributed by atoms with Gasteiger partial charge in [-0.2, -0.15) is 5.10 Å². The lowest BCUT2D eigenvalue weighted by atomic mass is 10.0. The molecular weight excluding hydrogens is 376 g/mol. The summed E-state index contributed by atoms with van der Waals surface area (Å²) in [5, 5.41) is 7.40. The van der Waals surface area contributed by atoms with E-state index >= 15 is 0 Å². The number of nitrogens with one attached hydrogen (secondary N) is 1. The Morgan fingerprint density at radius 3 is 2.63 bits per heavy atom. The second-order valence-electron chi connectivity index (χ2n) is 7.00. The van der Waals surface area contributed by atoms with Crippen molar-refractivity contribution in [3.05, 3.63) is 66.5 Å². The normalized spacial score (nSPS) is 10.9. The highest BCUT2D eigenvalue weighted by molar-refractivity contribution is 5.90. The summed E-state index contributed by atoms with van der Waals surface area (Å²) in [4.78, 5) is 23.3. The molecule has 0 aliphatic heterocycles. The van der Waals surface area contributed by atoms with Gasteiger partial charge in [0.05, 0.1) is 5.69 Å². The fourth-order valence-electron chi connectivity index (χ4n) is 3.49. The Bertz CT molecular complexity index is 1200. The number of fused-ring (bicyclic) bond motifs is 1. The van der Waals surface area contributed by atoms with Crippen molar-refractivity contribution in [2.24, 2.45) is 0 Å². The van der Waals surface area contributed by atoms with E-state index in [1.807, 2.05) is 54.8 Å². The first-order valence-electron chi connectivity index (χ1n) is 10.0. The van der Waals surface area contributed by atoms with Crippen LogP contribution in [-0.4, -0.2) is 43.6 Å². The molecule has 2 amide bonds. The van der Waals surface area contributed by atoms with Crippen molar-refractivity contribution < 1.29 is 4.79 Å². The molecule has 7 nitrogen and oxygen atoms in total. The van der Waals surface area contributed by atoms with E-state index in [9.17, 15) is 4.79 Å². The SMILES string of the molecule is CCN(CC)C(=O)Nc1cc(-c2c(-c3cccc(C)c3)nc3cccnn23)ccn1. The van der Waals surface area contributed by atoms with E-state index in [0.29, 0.717) is 18.9 Å². The molecule has 0 unspecified atom stereocenters. The van der Waals surface area contributed by atoms with Crippen LogP contribution in [0.25, 0.3) is 28.2 Å². The molecule has 3 aromatic heterocycles. The van der Waals surface area contributed by atoms with Crippen LogP contribution in [0.15, 0.2) is 60.9 Å². The van der Waals surface area contributed by atoms with E-state index < -0.39 is 0 Å². The maximum absolute atomic E-state index is 12.5. The monoisotopic (exact) mass is 400 g/mol. The first-order valence-corrected chi connectivity index (χ1v) is 10.0. The number of imidazole rings is 1. The second kappa shape index (κ2) is 8.32. The summed E-state index contributed by atoms with van der Waals surface area (Å²) in [5.41, 5.74) is 5.50. The molecule has 0 radical (unpaired) electrons. The third-order valence-corrected chi connectivity index (χ3v) is 5.00. The van der Waals surface area contributed by atoms with Crippen molar-refractivity contribution in [2.75, 3.05) is 18.4 Å². The summed E-state index contributed by atoms with van der Waals surface area (Å²) in [6, 6.07) is 15.6. The van der Waals surface area contributed by atoms with Crippen LogP contribution in [-0.2, 0) is 0 Å². The standard InChI is InChI=1S/C23H24N6O/c1-4-28(5-2)23(30)26-19-15-18(11-13-24-19)22-21(17-9-6-8-16(3)14-17)27-20-10-7-12-25-29(20)22/h6-15H,4-5H2,1-3H3,(H,24,26,30). The molecule has 0 fully saturated rings. The molecular formula is C23H24N6O. The Morgan fingerprint density at radius 1 is 1.03 bits per heavy atom. The smallest absolute Gasteiger partial charge is 0.322 e. The molecule has 7 heteroatoms. The minimum atomic E-state index is -0.167. The van der Waals surface area contributed by atoms with Gasteiger partial charge in [-0.15, -0.1) is 0 Å². The van der Waals surface area contributed by atoms with Gasteiger partial charge >= 0.3 is 6.03 Å². The number of aromatic nitrogens is 4. The number of carbonyl (C=O) groups is 1. The van der Waals surface area contributed by atoms with Gasteiger partial charge in [-0.25, -0.2) is 19.3 Å². The van der Waals surface area contributed by atoms with Crippen molar-refractivity contribution in [3.63, 3.8) is 0 Å². The first kappa shape index (κ1) is 19.6. The summed E-state index contributed by atoms with van der Waals surface area (Å²) in [6.07, 6.45) is 3.43. The Kier molecular flexibility index (Phi) is 5.43. The van der Waals surface area contributed by atoms with Gasteiger partial charge in [0.1, 0.15) is 11.5 Å². The van der Waals surface area contributed by atoms with Crippen LogP contribution in [0.5, 0.6) is 0 Å². The maximum atomic E-state index is 12.5. The predicted molar refractivity (Wildman–Crippen MR) is 118 cm³/mol. The third kappa shape index (κ3) is 3.74. The number of hydrogen-bond acceptors (Lipinski definition) is 4. The summed E-state index contributed by atoms with van der Waals surface area (Å²) >= 11 is 0. The Labute approximate surface area is 175 Å².